The Balaban J connectivity index is 1.70. The van der Waals surface area contributed by atoms with Crippen LogP contribution in [0.15, 0.2) is 52.3 Å². The molecular formula is C20H26N2O3S2. The van der Waals surface area contributed by atoms with E-state index in [9.17, 15) is 13.2 Å². The molecule has 0 aliphatic rings. The van der Waals surface area contributed by atoms with Crippen molar-refractivity contribution in [2.45, 2.75) is 37.0 Å². The quantitative estimate of drug-likeness (QED) is 0.495. The molecule has 0 heterocycles. The number of carbonyl (C=O) groups is 1. The number of carbonyl (C=O) groups excluding carboxylic acids is 1. The van der Waals surface area contributed by atoms with E-state index in [1.165, 1.54) is 5.56 Å². The third-order valence-electron chi connectivity index (χ3n) is 3.99. The number of thioether (sulfide) groups is 1. The summed E-state index contributed by atoms with van der Waals surface area (Å²) in [5.41, 5.74) is 2.78. The molecule has 0 bridgehead atoms. The molecule has 0 aliphatic carbocycles. The zero-order valence-electron chi connectivity index (χ0n) is 15.9. The van der Waals surface area contributed by atoms with E-state index >= 15 is 0 Å². The van der Waals surface area contributed by atoms with Crippen LogP contribution in [0.3, 0.4) is 0 Å². The first-order valence-electron chi connectivity index (χ1n) is 8.81. The number of hydrogen-bond acceptors (Lipinski definition) is 4. The number of amides is 1. The van der Waals surface area contributed by atoms with Crippen LogP contribution in [0.1, 0.15) is 23.1 Å². The fourth-order valence-corrected chi connectivity index (χ4v) is 4.58. The highest BCUT2D eigenvalue weighted by molar-refractivity contribution is 7.99. The SMILES string of the molecule is Cc1ccc(SCCNC(=O)CCNS(=O)(=O)c2cc(C)ccc2C)cc1. The van der Waals surface area contributed by atoms with Gasteiger partial charge >= 0.3 is 0 Å². The number of nitrogens with one attached hydrogen (secondary N) is 2. The maximum atomic E-state index is 12.4. The summed E-state index contributed by atoms with van der Waals surface area (Å²) < 4.78 is 27.3. The van der Waals surface area contributed by atoms with Crippen molar-refractivity contribution in [1.82, 2.24) is 10.0 Å². The van der Waals surface area contributed by atoms with Gasteiger partial charge in [-0.25, -0.2) is 13.1 Å². The van der Waals surface area contributed by atoms with Crippen LogP contribution in [0.5, 0.6) is 0 Å². The van der Waals surface area contributed by atoms with Crippen LogP contribution in [0.4, 0.5) is 0 Å². The Morgan fingerprint density at radius 2 is 1.63 bits per heavy atom. The fraction of sp³-hybridized carbons (Fsp3) is 0.350. The van der Waals surface area contributed by atoms with E-state index in [1.54, 1.807) is 30.8 Å². The summed E-state index contributed by atoms with van der Waals surface area (Å²) in [6.07, 6.45) is 0.110. The highest BCUT2D eigenvalue weighted by Crippen LogP contribution is 2.18. The lowest BCUT2D eigenvalue weighted by molar-refractivity contribution is -0.120. The number of rotatable bonds is 9. The lowest BCUT2D eigenvalue weighted by atomic mass is 10.2. The molecule has 2 rings (SSSR count). The zero-order valence-corrected chi connectivity index (χ0v) is 17.5. The Labute approximate surface area is 166 Å². The first kappa shape index (κ1) is 21.5. The second-order valence-electron chi connectivity index (χ2n) is 6.43. The molecular weight excluding hydrogens is 380 g/mol. The van der Waals surface area contributed by atoms with Crippen molar-refractivity contribution in [3.8, 4) is 0 Å². The number of sulfonamides is 1. The van der Waals surface area contributed by atoms with Gasteiger partial charge in [0.15, 0.2) is 0 Å². The summed E-state index contributed by atoms with van der Waals surface area (Å²) in [6, 6.07) is 13.5. The van der Waals surface area contributed by atoms with Gasteiger partial charge in [-0.05, 0) is 50.1 Å². The third-order valence-corrected chi connectivity index (χ3v) is 6.61. The summed E-state index contributed by atoms with van der Waals surface area (Å²) in [7, 11) is -3.61. The third kappa shape index (κ3) is 7.01. The molecule has 0 saturated carbocycles. The molecule has 0 spiro atoms. The highest BCUT2D eigenvalue weighted by atomic mass is 32.2. The smallest absolute Gasteiger partial charge is 0.240 e. The molecule has 5 nitrogen and oxygen atoms in total. The number of hydrogen-bond donors (Lipinski definition) is 2. The van der Waals surface area contributed by atoms with E-state index in [1.807, 2.05) is 19.9 Å². The molecule has 0 unspecified atom stereocenters. The van der Waals surface area contributed by atoms with Crippen molar-refractivity contribution in [3.63, 3.8) is 0 Å². The highest BCUT2D eigenvalue weighted by Gasteiger charge is 2.16. The largest absolute Gasteiger partial charge is 0.355 e. The molecule has 0 aromatic heterocycles. The van der Waals surface area contributed by atoms with Gasteiger partial charge in [0.25, 0.3) is 0 Å². The maximum absolute atomic E-state index is 12.4. The molecule has 7 heteroatoms. The van der Waals surface area contributed by atoms with E-state index in [2.05, 4.69) is 34.3 Å². The summed E-state index contributed by atoms with van der Waals surface area (Å²) in [5.74, 6) is 0.603. The molecule has 0 atom stereocenters. The lowest BCUT2D eigenvalue weighted by Gasteiger charge is -2.10. The van der Waals surface area contributed by atoms with Crippen LogP contribution in [0, 0.1) is 20.8 Å². The van der Waals surface area contributed by atoms with Gasteiger partial charge in [0.2, 0.25) is 15.9 Å². The van der Waals surface area contributed by atoms with E-state index in [-0.39, 0.29) is 23.8 Å². The van der Waals surface area contributed by atoms with Gasteiger partial charge in [-0.15, -0.1) is 11.8 Å². The molecule has 27 heavy (non-hydrogen) atoms. The minimum Gasteiger partial charge on any atom is -0.355 e. The second-order valence-corrected chi connectivity index (χ2v) is 9.33. The first-order valence-corrected chi connectivity index (χ1v) is 11.3. The number of benzene rings is 2. The van der Waals surface area contributed by atoms with E-state index in [0.717, 1.165) is 16.2 Å². The normalized spacial score (nSPS) is 11.4. The van der Waals surface area contributed by atoms with Crippen molar-refractivity contribution < 1.29 is 13.2 Å². The van der Waals surface area contributed by atoms with Crippen LogP contribution in [0.25, 0.3) is 0 Å². The molecule has 146 valence electrons. The zero-order chi connectivity index (χ0) is 19.9. The Kier molecular flexibility index (Phi) is 7.89. The van der Waals surface area contributed by atoms with Crippen LogP contribution in [-0.4, -0.2) is 33.2 Å². The van der Waals surface area contributed by atoms with Crippen LogP contribution in [0.2, 0.25) is 0 Å². The molecule has 0 fully saturated rings. The fourth-order valence-electron chi connectivity index (χ4n) is 2.46. The maximum Gasteiger partial charge on any atom is 0.240 e. The number of aryl methyl sites for hydroxylation is 3. The minimum absolute atomic E-state index is 0.0760. The van der Waals surface area contributed by atoms with Crippen molar-refractivity contribution in [2.75, 3.05) is 18.8 Å². The lowest BCUT2D eigenvalue weighted by Crippen LogP contribution is -2.32. The van der Waals surface area contributed by atoms with Crippen molar-refractivity contribution in [2.24, 2.45) is 0 Å². The summed E-state index contributed by atoms with van der Waals surface area (Å²) >= 11 is 1.67. The molecule has 0 aliphatic heterocycles. The molecule has 2 aromatic rings. The van der Waals surface area contributed by atoms with Crippen molar-refractivity contribution in [3.05, 3.63) is 59.2 Å². The minimum atomic E-state index is -3.61. The second kappa shape index (κ2) is 9.92. The van der Waals surface area contributed by atoms with Crippen LogP contribution >= 0.6 is 11.8 Å². The molecule has 2 N–H and O–H groups in total. The van der Waals surface area contributed by atoms with Gasteiger partial charge in [-0.2, -0.15) is 0 Å². The van der Waals surface area contributed by atoms with Gasteiger partial charge in [-0.3, -0.25) is 4.79 Å². The molecule has 0 radical (unpaired) electrons. The van der Waals surface area contributed by atoms with Crippen LogP contribution < -0.4 is 10.0 Å². The monoisotopic (exact) mass is 406 g/mol. The van der Waals surface area contributed by atoms with Crippen molar-refractivity contribution in [1.29, 1.82) is 0 Å². The van der Waals surface area contributed by atoms with Crippen molar-refractivity contribution >= 4 is 27.7 Å². The first-order chi connectivity index (χ1) is 12.8. The van der Waals surface area contributed by atoms with E-state index < -0.39 is 10.0 Å². The standard InChI is InChI=1S/C20H26N2O3S2/c1-15-5-8-18(9-6-15)26-13-12-21-20(23)10-11-22-27(24,25)19-14-16(2)4-7-17(19)3/h4-9,14,22H,10-13H2,1-3H3,(H,21,23). The van der Waals surface area contributed by atoms with Gasteiger partial charge in [0.05, 0.1) is 4.90 Å². The summed E-state index contributed by atoms with van der Waals surface area (Å²) in [4.78, 5) is 13.3. The molecule has 0 saturated heterocycles. The Bertz CT molecular complexity index is 879. The Morgan fingerprint density at radius 1 is 0.963 bits per heavy atom. The summed E-state index contributed by atoms with van der Waals surface area (Å²) in [6.45, 7) is 6.27. The summed E-state index contributed by atoms with van der Waals surface area (Å²) in [5, 5.41) is 2.82. The van der Waals surface area contributed by atoms with Gasteiger partial charge < -0.3 is 5.32 Å². The predicted octanol–water partition coefficient (Wildman–Crippen LogP) is 3.19. The molecule has 1 amide bonds. The van der Waals surface area contributed by atoms with E-state index in [0.29, 0.717) is 12.1 Å². The predicted molar refractivity (Wildman–Crippen MR) is 111 cm³/mol. The average Bonchev–Trinajstić information content (AvgIpc) is 2.62. The van der Waals surface area contributed by atoms with Crippen LogP contribution in [-0.2, 0) is 14.8 Å². The van der Waals surface area contributed by atoms with Gasteiger partial charge in [0.1, 0.15) is 0 Å². The average molecular weight is 407 g/mol. The Hall–Kier alpha value is -1.83. The van der Waals surface area contributed by atoms with E-state index in [4.69, 9.17) is 0 Å². The Morgan fingerprint density at radius 3 is 2.33 bits per heavy atom. The van der Waals surface area contributed by atoms with Gasteiger partial charge in [-0.1, -0.05) is 29.8 Å². The topological polar surface area (TPSA) is 75.3 Å². The molecule has 2 aromatic carbocycles. The van der Waals surface area contributed by atoms with Gasteiger partial charge in [0, 0.05) is 30.2 Å².